The zero-order chi connectivity index (χ0) is 25.7. The molecular formula is C32H28N4. The van der Waals surface area contributed by atoms with Gasteiger partial charge in [0.25, 0.3) is 0 Å². The second-order valence-corrected chi connectivity index (χ2v) is 9.02. The lowest BCUT2D eigenvalue weighted by molar-refractivity contribution is 1.13. The summed E-state index contributed by atoms with van der Waals surface area (Å²) < 4.78 is 0. The molecular weight excluding hydrogens is 440 g/mol. The van der Waals surface area contributed by atoms with Crippen molar-refractivity contribution in [2.24, 2.45) is 0 Å². The van der Waals surface area contributed by atoms with E-state index in [1.807, 2.05) is 76.8 Å². The van der Waals surface area contributed by atoms with Crippen LogP contribution in [0.2, 0.25) is 0 Å². The molecule has 4 nitrogen and oxygen atoms in total. The van der Waals surface area contributed by atoms with Gasteiger partial charge in [-0.25, -0.2) is 0 Å². The number of rotatable bonds is 6. The molecule has 0 N–H and O–H groups in total. The summed E-state index contributed by atoms with van der Waals surface area (Å²) in [7, 11) is 8.05. The molecule has 4 rings (SSSR count). The summed E-state index contributed by atoms with van der Waals surface area (Å²) >= 11 is 0. The Morgan fingerprint density at radius 3 is 1.17 bits per heavy atom. The van der Waals surface area contributed by atoms with Crippen molar-refractivity contribution in [2.45, 2.75) is 0 Å². The van der Waals surface area contributed by atoms with Crippen LogP contribution in [-0.2, 0) is 0 Å². The molecule has 0 atom stereocenters. The number of nitriles is 2. The van der Waals surface area contributed by atoms with E-state index in [1.54, 1.807) is 0 Å². The van der Waals surface area contributed by atoms with Crippen LogP contribution in [0, 0.1) is 22.7 Å². The smallest absolute Gasteiger partial charge is 0.100 e. The molecule has 4 heteroatoms. The Morgan fingerprint density at radius 1 is 0.500 bits per heavy atom. The molecule has 0 amide bonds. The number of hydrogen-bond donors (Lipinski definition) is 0. The number of anilines is 2. The highest BCUT2D eigenvalue weighted by molar-refractivity contribution is 5.98. The lowest BCUT2D eigenvalue weighted by Crippen LogP contribution is -2.07. The molecule has 0 aliphatic rings. The van der Waals surface area contributed by atoms with Gasteiger partial charge in [-0.2, -0.15) is 10.5 Å². The summed E-state index contributed by atoms with van der Waals surface area (Å²) in [5.74, 6) is 0. The van der Waals surface area contributed by atoms with Crippen LogP contribution < -0.4 is 9.80 Å². The minimum absolute atomic E-state index is 0.569. The third-order valence-corrected chi connectivity index (χ3v) is 6.22. The SMILES string of the molecule is CN(C)c1ccc(C=Cc2ccc3c(C#N)c(C=Cc4ccc(N(C)C)cc4)ccc3c2C#N)cc1. The lowest BCUT2D eigenvalue weighted by Gasteiger charge is -2.12. The highest BCUT2D eigenvalue weighted by Crippen LogP contribution is 2.29. The zero-order valence-electron chi connectivity index (χ0n) is 21.0. The number of nitrogens with zero attached hydrogens (tertiary/aromatic N) is 4. The second-order valence-electron chi connectivity index (χ2n) is 9.02. The van der Waals surface area contributed by atoms with Gasteiger partial charge in [-0.1, -0.05) is 72.8 Å². The van der Waals surface area contributed by atoms with Crippen molar-refractivity contribution in [1.29, 1.82) is 10.5 Å². The monoisotopic (exact) mass is 468 g/mol. The summed E-state index contributed by atoms with van der Waals surface area (Å²) in [6.45, 7) is 0. The van der Waals surface area contributed by atoms with E-state index in [9.17, 15) is 10.5 Å². The quantitative estimate of drug-likeness (QED) is 0.284. The molecule has 0 radical (unpaired) electrons. The molecule has 0 saturated carbocycles. The molecule has 176 valence electrons. The molecule has 36 heavy (non-hydrogen) atoms. The Kier molecular flexibility index (Phi) is 7.19. The van der Waals surface area contributed by atoms with Crippen molar-refractivity contribution in [3.63, 3.8) is 0 Å². The zero-order valence-corrected chi connectivity index (χ0v) is 21.0. The highest BCUT2D eigenvalue weighted by atomic mass is 15.1. The summed E-state index contributed by atoms with van der Waals surface area (Å²) in [5.41, 5.74) is 7.18. The topological polar surface area (TPSA) is 54.1 Å². The average molecular weight is 469 g/mol. The van der Waals surface area contributed by atoms with Gasteiger partial charge in [0, 0.05) is 50.3 Å². The van der Waals surface area contributed by atoms with Gasteiger partial charge in [0.15, 0.2) is 0 Å². The Bertz CT molecular complexity index is 1410. The molecule has 0 unspecified atom stereocenters. The normalized spacial score (nSPS) is 11.1. The van der Waals surface area contributed by atoms with Crippen LogP contribution in [0.4, 0.5) is 11.4 Å². The van der Waals surface area contributed by atoms with Crippen molar-refractivity contribution in [3.8, 4) is 12.1 Å². The maximum atomic E-state index is 9.97. The number of benzene rings is 4. The van der Waals surface area contributed by atoms with Gasteiger partial charge >= 0.3 is 0 Å². The van der Waals surface area contributed by atoms with Gasteiger partial charge in [0.1, 0.15) is 12.1 Å². The van der Waals surface area contributed by atoms with Crippen LogP contribution in [0.25, 0.3) is 35.1 Å². The Hall–Kier alpha value is -4.80. The van der Waals surface area contributed by atoms with E-state index < -0.39 is 0 Å². The van der Waals surface area contributed by atoms with Crippen LogP contribution in [0.5, 0.6) is 0 Å². The van der Waals surface area contributed by atoms with Gasteiger partial charge in [-0.15, -0.1) is 0 Å². The first-order chi connectivity index (χ1) is 17.4. The first-order valence-electron chi connectivity index (χ1n) is 11.7. The first-order valence-corrected chi connectivity index (χ1v) is 11.7. The van der Waals surface area contributed by atoms with Gasteiger partial charge in [0.2, 0.25) is 0 Å². The van der Waals surface area contributed by atoms with Crippen molar-refractivity contribution in [3.05, 3.63) is 106 Å². The Balaban J connectivity index is 1.67. The van der Waals surface area contributed by atoms with E-state index in [1.165, 1.54) is 0 Å². The molecule has 0 heterocycles. The maximum absolute atomic E-state index is 9.97. The fourth-order valence-corrected chi connectivity index (χ4v) is 4.11. The molecule has 4 aromatic carbocycles. The number of hydrogen-bond acceptors (Lipinski definition) is 4. The predicted molar refractivity (Wildman–Crippen MR) is 153 cm³/mol. The molecule has 0 aromatic heterocycles. The third kappa shape index (κ3) is 5.14. The summed E-state index contributed by atoms with van der Waals surface area (Å²) in [6.07, 6.45) is 7.93. The van der Waals surface area contributed by atoms with Crippen molar-refractivity contribution < 1.29 is 0 Å². The molecule has 0 bridgehead atoms. The minimum atomic E-state index is 0.569. The van der Waals surface area contributed by atoms with Crippen molar-refractivity contribution in [1.82, 2.24) is 0 Å². The molecule has 0 aliphatic heterocycles. The predicted octanol–water partition coefficient (Wildman–Crippen LogP) is 7.06. The molecule has 0 spiro atoms. The lowest BCUT2D eigenvalue weighted by atomic mass is 9.93. The van der Waals surface area contributed by atoms with E-state index in [2.05, 4.69) is 70.5 Å². The molecule has 4 aromatic rings. The first kappa shape index (κ1) is 24.3. The largest absolute Gasteiger partial charge is 0.378 e. The fraction of sp³-hybridized carbons (Fsp3) is 0.125. The van der Waals surface area contributed by atoms with Crippen LogP contribution in [0.15, 0.2) is 72.8 Å². The standard InChI is InChI=1S/C32H28N4/c1-35(2)27-15-7-23(8-16-27)5-11-25-13-19-30-29(31(25)21-33)20-14-26(32(30)22-34)12-6-24-9-17-28(18-10-24)36(3)4/h5-20H,1-4H3. The summed E-state index contributed by atoms with van der Waals surface area (Å²) in [5, 5.41) is 21.5. The maximum Gasteiger partial charge on any atom is 0.100 e. The molecule has 0 saturated heterocycles. The average Bonchev–Trinajstić information content (AvgIpc) is 2.90. The third-order valence-electron chi connectivity index (χ3n) is 6.22. The second kappa shape index (κ2) is 10.6. The van der Waals surface area contributed by atoms with Gasteiger partial charge < -0.3 is 9.80 Å². The van der Waals surface area contributed by atoms with Crippen molar-refractivity contribution in [2.75, 3.05) is 38.0 Å². The van der Waals surface area contributed by atoms with Crippen LogP contribution in [-0.4, -0.2) is 28.2 Å². The van der Waals surface area contributed by atoms with Crippen LogP contribution >= 0.6 is 0 Å². The van der Waals surface area contributed by atoms with Crippen LogP contribution in [0.1, 0.15) is 33.4 Å². The number of fused-ring (bicyclic) bond motifs is 1. The Labute approximate surface area is 213 Å². The van der Waals surface area contributed by atoms with Gasteiger partial charge in [0.05, 0.1) is 11.1 Å². The van der Waals surface area contributed by atoms with Crippen molar-refractivity contribution >= 4 is 46.5 Å². The van der Waals surface area contributed by atoms with E-state index in [0.29, 0.717) is 11.1 Å². The van der Waals surface area contributed by atoms with E-state index in [4.69, 9.17) is 0 Å². The fourth-order valence-electron chi connectivity index (χ4n) is 4.11. The van der Waals surface area contributed by atoms with Gasteiger partial charge in [-0.3, -0.25) is 0 Å². The van der Waals surface area contributed by atoms with E-state index in [-0.39, 0.29) is 0 Å². The summed E-state index contributed by atoms with van der Waals surface area (Å²) in [4.78, 5) is 4.11. The highest BCUT2D eigenvalue weighted by Gasteiger charge is 2.11. The minimum Gasteiger partial charge on any atom is -0.378 e. The molecule has 0 fully saturated rings. The van der Waals surface area contributed by atoms with E-state index >= 15 is 0 Å². The Morgan fingerprint density at radius 2 is 0.861 bits per heavy atom. The molecule has 0 aliphatic carbocycles. The van der Waals surface area contributed by atoms with Gasteiger partial charge in [-0.05, 0) is 46.5 Å². The van der Waals surface area contributed by atoms with Crippen LogP contribution in [0.3, 0.4) is 0 Å². The summed E-state index contributed by atoms with van der Waals surface area (Å²) in [6, 6.07) is 28.9. The van der Waals surface area contributed by atoms with E-state index in [0.717, 1.165) is 44.4 Å².